The first kappa shape index (κ1) is 16.7. The van der Waals surface area contributed by atoms with Crippen LogP contribution in [0.1, 0.15) is 22.8 Å². The molecule has 2 N–H and O–H groups in total. The van der Waals surface area contributed by atoms with Gasteiger partial charge in [-0.05, 0) is 37.6 Å². The molecule has 1 aromatic heterocycles. The van der Waals surface area contributed by atoms with E-state index in [1.54, 1.807) is 31.3 Å². The zero-order valence-electron chi connectivity index (χ0n) is 13.8. The maximum absolute atomic E-state index is 13.5. The van der Waals surface area contributed by atoms with Crippen LogP contribution in [0.25, 0.3) is 10.9 Å². The van der Waals surface area contributed by atoms with Gasteiger partial charge in [-0.1, -0.05) is 24.3 Å². The Bertz CT molecular complexity index is 949. The van der Waals surface area contributed by atoms with Crippen LogP contribution in [0.3, 0.4) is 0 Å². The number of esters is 1. The van der Waals surface area contributed by atoms with Gasteiger partial charge in [0.15, 0.2) is 6.10 Å². The van der Waals surface area contributed by atoms with Crippen LogP contribution in [-0.2, 0) is 9.53 Å². The van der Waals surface area contributed by atoms with Crippen LogP contribution in [0.4, 0.5) is 10.1 Å². The molecular formula is C19H17FN2O3. The van der Waals surface area contributed by atoms with Gasteiger partial charge in [-0.25, -0.2) is 9.18 Å². The minimum atomic E-state index is -1.02. The number of anilines is 1. The molecule has 0 spiro atoms. The molecule has 2 aromatic carbocycles. The Morgan fingerprint density at radius 1 is 1.20 bits per heavy atom. The molecule has 0 saturated carbocycles. The predicted molar refractivity (Wildman–Crippen MR) is 92.9 cm³/mol. The number of amides is 1. The highest BCUT2D eigenvalue weighted by Gasteiger charge is 2.21. The summed E-state index contributed by atoms with van der Waals surface area (Å²) in [5.74, 6) is -1.55. The lowest BCUT2D eigenvalue weighted by Gasteiger charge is -2.13. The number of aromatic amines is 1. The van der Waals surface area contributed by atoms with Crippen LogP contribution >= 0.6 is 0 Å². The quantitative estimate of drug-likeness (QED) is 0.710. The van der Waals surface area contributed by atoms with Crippen LogP contribution in [0.15, 0.2) is 48.7 Å². The Balaban J connectivity index is 1.68. The SMILES string of the molecule is Cc1ccc(NC(=O)[C@H](C)OC(=O)c2c[nH]c3ccccc23)cc1F. The van der Waals surface area contributed by atoms with Gasteiger partial charge in [0.1, 0.15) is 5.82 Å². The zero-order valence-corrected chi connectivity index (χ0v) is 13.8. The van der Waals surface area contributed by atoms with Crippen molar-refractivity contribution in [2.75, 3.05) is 5.32 Å². The normalized spacial score (nSPS) is 12.0. The average molecular weight is 340 g/mol. The molecule has 0 unspecified atom stereocenters. The molecule has 0 aliphatic rings. The Kier molecular flexibility index (Phi) is 4.52. The van der Waals surface area contributed by atoms with Crippen LogP contribution in [0.5, 0.6) is 0 Å². The molecule has 6 heteroatoms. The Labute approximate surface area is 143 Å². The highest BCUT2D eigenvalue weighted by atomic mass is 19.1. The molecular weight excluding hydrogens is 323 g/mol. The van der Waals surface area contributed by atoms with Crippen molar-refractivity contribution >= 4 is 28.5 Å². The second-order valence-electron chi connectivity index (χ2n) is 5.75. The summed E-state index contributed by atoms with van der Waals surface area (Å²) in [6, 6.07) is 11.7. The lowest BCUT2D eigenvalue weighted by molar-refractivity contribution is -0.123. The molecule has 3 aromatic rings. The molecule has 0 bridgehead atoms. The van der Waals surface area contributed by atoms with Gasteiger partial charge in [0.05, 0.1) is 5.56 Å². The smallest absolute Gasteiger partial charge is 0.341 e. The summed E-state index contributed by atoms with van der Waals surface area (Å²) in [7, 11) is 0. The van der Waals surface area contributed by atoms with Crippen LogP contribution in [0.2, 0.25) is 0 Å². The summed E-state index contributed by atoms with van der Waals surface area (Å²) in [5, 5.41) is 3.26. The second-order valence-corrected chi connectivity index (χ2v) is 5.75. The van der Waals surface area contributed by atoms with Crippen molar-refractivity contribution in [1.82, 2.24) is 4.98 Å². The number of fused-ring (bicyclic) bond motifs is 1. The maximum atomic E-state index is 13.5. The number of aromatic nitrogens is 1. The van der Waals surface area contributed by atoms with E-state index in [9.17, 15) is 14.0 Å². The Morgan fingerprint density at radius 3 is 2.72 bits per heavy atom. The van der Waals surface area contributed by atoms with E-state index in [4.69, 9.17) is 4.74 Å². The largest absolute Gasteiger partial charge is 0.449 e. The first-order chi connectivity index (χ1) is 12.0. The number of carbonyl (C=O) groups excluding carboxylic acids is 2. The maximum Gasteiger partial charge on any atom is 0.341 e. The first-order valence-corrected chi connectivity index (χ1v) is 7.80. The number of ether oxygens (including phenoxy) is 1. The van der Waals surface area contributed by atoms with Crippen molar-refractivity contribution in [3.63, 3.8) is 0 Å². The third-order valence-corrected chi connectivity index (χ3v) is 3.90. The van der Waals surface area contributed by atoms with Gasteiger partial charge in [-0.3, -0.25) is 4.79 Å². The number of rotatable bonds is 4. The number of aryl methyl sites for hydroxylation is 1. The Hall–Kier alpha value is -3.15. The van der Waals surface area contributed by atoms with Crippen molar-refractivity contribution in [2.24, 2.45) is 0 Å². The molecule has 0 fully saturated rings. The van der Waals surface area contributed by atoms with E-state index in [1.807, 2.05) is 18.2 Å². The van der Waals surface area contributed by atoms with Gasteiger partial charge in [0, 0.05) is 22.8 Å². The fraction of sp³-hybridized carbons (Fsp3) is 0.158. The Morgan fingerprint density at radius 2 is 1.96 bits per heavy atom. The van der Waals surface area contributed by atoms with E-state index in [-0.39, 0.29) is 0 Å². The van der Waals surface area contributed by atoms with E-state index in [1.165, 1.54) is 13.0 Å². The molecule has 1 heterocycles. The van der Waals surface area contributed by atoms with E-state index >= 15 is 0 Å². The summed E-state index contributed by atoms with van der Waals surface area (Å²) < 4.78 is 18.8. The number of halogens is 1. The molecule has 0 aliphatic carbocycles. The number of nitrogens with one attached hydrogen (secondary N) is 2. The first-order valence-electron chi connectivity index (χ1n) is 7.80. The van der Waals surface area contributed by atoms with Crippen LogP contribution in [0, 0.1) is 12.7 Å². The number of H-pyrrole nitrogens is 1. The van der Waals surface area contributed by atoms with Crippen molar-refractivity contribution in [1.29, 1.82) is 0 Å². The van der Waals surface area contributed by atoms with Crippen molar-refractivity contribution < 1.29 is 18.7 Å². The number of hydrogen-bond donors (Lipinski definition) is 2. The summed E-state index contributed by atoms with van der Waals surface area (Å²) in [6.45, 7) is 3.10. The summed E-state index contributed by atoms with van der Waals surface area (Å²) in [4.78, 5) is 27.4. The molecule has 5 nitrogen and oxygen atoms in total. The van der Waals surface area contributed by atoms with Crippen molar-refractivity contribution in [3.05, 3.63) is 65.6 Å². The summed E-state index contributed by atoms with van der Waals surface area (Å²) in [5.41, 5.74) is 1.96. The molecule has 1 atom stereocenters. The number of hydrogen-bond acceptors (Lipinski definition) is 3. The van der Waals surface area contributed by atoms with Gasteiger partial charge in [0.25, 0.3) is 5.91 Å². The zero-order chi connectivity index (χ0) is 18.0. The topological polar surface area (TPSA) is 71.2 Å². The fourth-order valence-electron chi connectivity index (χ4n) is 2.43. The third kappa shape index (κ3) is 3.52. The monoisotopic (exact) mass is 340 g/mol. The highest BCUT2D eigenvalue weighted by molar-refractivity contribution is 6.05. The fourth-order valence-corrected chi connectivity index (χ4v) is 2.43. The summed E-state index contributed by atoms with van der Waals surface area (Å²) >= 11 is 0. The van der Waals surface area contributed by atoms with E-state index in [0.717, 1.165) is 10.9 Å². The van der Waals surface area contributed by atoms with E-state index in [0.29, 0.717) is 16.8 Å². The van der Waals surface area contributed by atoms with Crippen molar-refractivity contribution in [3.8, 4) is 0 Å². The minimum absolute atomic E-state index is 0.308. The molecule has 0 aliphatic heterocycles. The highest BCUT2D eigenvalue weighted by Crippen LogP contribution is 2.19. The van der Waals surface area contributed by atoms with E-state index < -0.39 is 23.8 Å². The van der Waals surface area contributed by atoms with Crippen LogP contribution < -0.4 is 5.32 Å². The third-order valence-electron chi connectivity index (χ3n) is 3.90. The standard InChI is InChI=1S/C19H17FN2O3/c1-11-7-8-13(9-16(11)20)22-18(23)12(2)25-19(24)15-10-21-17-6-4-3-5-14(15)17/h3-10,12,21H,1-2H3,(H,22,23)/t12-/m0/s1. The molecule has 128 valence electrons. The summed E-state index contributed by atoms with van der Waals surface area (Å²) in [6.07, 6.45) is 0.526. The molecule has 0 radical (unpaired) electrons. The van der Waals surface area contributed by atoms with Gasteiger partial charge in [-0.15, -0.1) is 0 Å². The molecule has 0 saturated heterocycles. The van der Waals surface area contributed by atoms with Gasteiger partial charge >= 0.3 is 5.97 Å². The van der Waals surface area contributed by atoms with Gasteiger partial charge < -0.3 is 15.0 Å². The molecule has 3 rings (SSSR count). The molecule has 25 heavy (non-hydrogen) atoms. The van der Waals surface area contributed by atoms with Gasteiger partial charge in [-0.2, -0.15) is 0 Å². The lowest BCUT2D eigenvalue weighted by Crippen LogP contribution is -2.30. The van der Waals surface area contributed by atoms with Crippen molar-refractivity contribution in [2.45, 2.75) is 20.0 Å². The van der Waals surface area contributed by atoms with Crippen LogP contribution in [-0.4, -0.2) is 23.0 Å². The molecule has 1 amide bonds. The average Bonchev–Trinajstić information content (AvgIpc) is 3.02. The predicted octanol–water partition coefficient (Wildman–Crippen LogP) is 3.80. The van der Waals surface area contributed by atoms with E-state index in [2.05, 4.69) is 10.3 Å². The minimum Gasteiger partial charge on any atom is -0.449 e. The number of para-hydroxylation sites is 1. The number of carbonyl (C=O) groups is 2. The second kappa shape index (κ2) is 6.76. The van der Waals surface area contributed by atoms with Gasteiger partial charge in [0.2, 0.25) is 0 Å². The lowest BCUT2D eigenvalue weighted by atomic mass is 10.2. The number of benzene rings is 2.